The van der Waals surface area contributed by atoms with E-state index >= 15 is 0 Å². The molecule has 1 fully saturated rings. The average Bonchev–Trinajstić information content (AvgIpc) is 2.76. The molecule has 6 nitrogen and oxygen atoms in total. The van der Waals surface area contributed by atoms with Crippen molar-refractivity contribution in [2.24, 2.45) is 0 Å². The molecule has 0 saturated carbocycles. The molecule has 2 aromatic rings. The fourth-order valence-electron chi connectivity index (χ4n) is 3.34. The van der Waals surface area contributed by atoms with Crippen LogP contribution in [0.3, 0.4) is 0 Å². The molecule has 1 saturated heterocycles. The normalized spacial score (nSPS) is 15.0. The van der Waals surface area contributed by atoms with Gasteiger partial charge in [-0.25, -0.2) is 8.42 Å². The van der Waals surface area contributed by atoms with E-state index in [2.05, 4.69) is 21.2 Å². The van der Waals surface area contributed by atoms with E-state index in [-0.39, 0.29) is 5.91 Å². The number of nitrogens with zero attached hydrogens (tertiary/aromatic N) is 1. The lowest BCUT2D eigenvalue weighted by molar-refractivity contribution is -0.121. The summed E-state index contributed by atoms with van der Waals surface area (Å²) in [5.41, 5.74) is 0.938. The zero-order valence-electron chi connectivity index (χ0n) is 16.8. The van der Waals surface area contributed by atoms with Gasteiger partial charge in [0.05, 0.1) is 11.4 Å². The van der Waals surface area contributed by atoms with Crippen LogP contribution < -0.4 is 10.1 Å². The van der Waals surface area contributed by atoms with Gasteiger partial charge in [0.2, 0.25) is 15.9 Å². The highest BCUT2D eigenvalue weighted by atomic mass is 79.9. The van der Waals surface area contributed by atoms with Crippen molar-refractivity contribution in [1.82, 2.24) is 9.62 Å². The minimum Gasteiger partial charge on any atom is -0.492 e. The van der Waals surface area contributed by atoms with Crippen LogP contribution in [0, 0.1) is 0 Å². The lowest BCUT2D eigenvalue weighted by Gasteiger charge is -2.25. The molecule has 30 heavy (non-hydrogen) atoms. The molecule has 0 spiro atoms. The molecule has 0 atom stereocenters. The van der Waals surface area contributed by atoms with E-state index in [1.165, 1.54) is 0 Å². The number of rotatable bonds is 9. The number of nitrogens with one attached hydrogen (secondary N) is 1. The molecule has 2 aromatic carbocycles. The topological polar surface area (TPSA) is 75.7 Å². The number of ether oxygens (including phenoxy) is 1. The van der Waals surface area contributed by atoms with Crippen molar-refractivity contribution in [2.45, 2.75) is 37.0 Å². The first-order valence-electron chi connectivity index (χ1n) is 10.2. The number of hydrogen-bond acceptors (Lipinski definition) is 4. The number of halogens is 1. The molecule has 8 heteroatoms. The van der Waals surface area contributed by atoms with Gasteiger partial charge in [0.25, 0.3) is 0 Å². The van der Waals surface area contributed by atoms with Crippen LogP contribution in [0.2, 0.25) is 0 Å². The van der Waals surface area contributed by atoms with Crippen LogP contribution in [0.25, 0.3) is 0 Å². The Balaban J connectivity index is 1.40. The first-order chi connectivity index (χ1) is 14.4. The van der Waals surface area contributed by atoms with E-state index in [4.69, 9.17) is 4.74 Å². The summed E-state index contributed by atoms with van der Waals surface area (Å²) in [5, 5.41) is 2.84. The molecule has 0 bridgehead atoms. The van der Waals surface area contributed by atoms with Crippen molar-refractivity contribution in [1.29, 1.82) is 0 Å². The molecular formula is C22H27BrN2O4S. The average molecular weight is 495 g/mol. The SMILES string of the molecule is O=C(CCc1ccc(S(=O)(=O)N2CCCCC2)cc1)NCCOc1cccc(Br)c1. The highest BCUT2D eigenvalue weighted by Gasteiger charge is 2.25. The number of sulfonamides is 1. The number of benzene rings is 2. The number of carbonyl (C=O) groups is 1. The van der Waals surface area contributed by atoms with Gasteiger partial charge in [-0.3, -0.25) is 4.79 Å². The molecule has 0 radical (unpaired) electrons. The maximum absolute atomic E-state index is 12.7. The van der Waals surface area contributed by atoms with E-state index in [9.17, 15) is 13.2 Å². The van der Waals surface area contributed by atoms with Gasteiger partial charge in [0.1, 0.15) is 12.4 Å². The molecule has 1 N–H and O–H groups in total. The highest BCUT2D eigenvalue weighted by Crippen LogP contribution is 2.21. The maximum Gasteiger partial charge on any atom is 0.243 e. The summed E-state index contributed by atoms with van der Waals surface area (Å²) in [6, 6.07) is 14.4. The molecular weight excluding hydrogens is 468 g/mol. The minimum absolute atomic E-state index is 0.0575. The third-order valence-electron chi connectivity index (χ3n) is 5.01. The number of amides is 1. The Hall–Kier alpha value is -1.90. The molecule has 0 unspecified atom stereocenters. The van der Waals surface area contributed by atoms with E-state index in [1.807, 2.05) is 24.3 Å². The number of carbonyl (C=O) groups excluding carboxylic acids is 1. The van der Waals surface area contributed by atoms with Gasteiger partial charge in [-0.15, -0.1) is 0 Å². The summed E-state index contributed by atoms with van der Waals surface area (Å²) in [4.78, 5) is 12.4. The van der Waals surface area contributed by atoms with E-state index in [0.717, 1.165) is 35.0 Å². The zero-order valence-corrected chi connectivity index (χ0v) is 19.3. The van der Waals surface area contributed by atoms with Crippen LogP contribution >= 0.6 is 15.9 Å². The number of aryl methyl sites for hydroxylation is 1. The van der Waals surface area contributed by atoms with Crippen LogP contribution in [0.5, 0.6) is 5.75 Å². The zero-order chi connectivity index (χ0) is 21.4. The Labute approximate surface area is 186 Å². The van der Waals surface area contributed by atoms with Crippen molar-refractivity contribution >= 4 is 31.9 Å². The van der Waals surface area contributed by atoms with Gasteiger partial charge >= 0.3 is 0 Å². The van der Waals surface area contributed by atoms with Crippen LogP contribution in [0.1, 0.15) is 31.2 Å². The lowest BCUT2D eigenvalue weighted by Crippen LogP contribution is -2.35. The van der Waals surface area contributed by atoms with Crippen LogP contribution in [-0.2, 0) is 21.2 Å². The Bertz CT molecular complexity index is 942. The fraction of sp³-hybridized carbons (Fsp3) is 0.409. The Morgan fingerprint density at radius 1 is 1.07 bits per heavy atom. The smallest absolute Gasteiger partial charge is 0.243 e. The third-order valence-corrected chi connectivity index (χ3v) is 7.41. The lowest BCUT2D eigenvalue weighted by atomic mass is 10.1. The van der Waals surface area contributed by atoms with Crippen molar-refractivity contribution in [3.05, 3.63) is 58.6 Å². The van der Waals surface area contributed by atoms with Crippen molar-refractivity contribution in [3.63, 3.8) is 0 Å². The second-order valence-electron chi connectivity index (χ2n) is 7.26. The first kappa shape index (κ1) is 22.8. The number of piperidine rings is 1. The van der Waals surface area contributed by atoms with Gasteiger partial charge in [0.15, 0.2) is 0 Å². The van der Waals surface area contributed by atoms with Crippen molar-refractivity contribution < 1.29 is 17.9 Å². The van der Waals surface area contributed by atoms with Gasteiger partial charge in [-0.1, -0.05) is 40.5 Å². The molecule has 1 amide bonds. The summed E-state index contributed by atoms with van der Waals surface area (Å²) in [6.07, 6.45) is 3.82. The predicted octanol–water partition coefficient (Wildman–Crippen LogP) is 3.75. The summed E-state index contributed by atoms with van der Waals surface area (Å²) in [6.45, 7) is 2.01. The largest absolute Gasteiger partial charge is 0.492 e. The van der Waals surface area contributed by atoms with Crippen LogP contribution in [0.4, 0.5) is 0 Å². The first-order valence-corrected chi connectivity index (χ1v) is 12.4. The molecule has 0 aliphatic carbocycles. The highest BCUT2D eigenvalue weighted by molar-refractivity contribution is 9.10. The predicted molar refractivity (Wildman–Crippen MR) is 120 cm³/mol. The van der Waals surface area contributed by atoms with Crippen LogP contribution in [-0.4, -0.2) is 44.9 Å². The summed E-state index contributed by atoms with van der Waals surface area (Å²) >= 11 is 3.39. The van der Waals surface area contributed by atoms with E-state index in [1.54, 1.807) is 28.6 Å². The van der Waals surface area contributed by atoms with Gasteiger partial charge in [-0.2, -0.15) is 4.31 Å². The van der Waals surface area contributed by atoms with Gasteiger partial charge in [-0.05, 0) is 55.2 Å². The Morgan fingerprint density at radius 3 is 2.50 bits per heavy atom. The minimum atomic E-state index is -3.41. The Kier molecular flexibility index (Phi) is 8.30. The monoisotopic (exact) mass is 494 g/mol. The third kappa shape index (κ3) is 6.55. The molecule has 3 rings (SSSR count). The Morgan fingerprint density at radius 2 is 1.80 bits per heavy atom. The van der Waals surface area contributed by atoms with E-state index in [0.29, 0.717) is 44.0 Å². The second kappa shape index (κ2) is 10.9. The molecule has 0 aromatic heterocycles. The quantitative estimate of drug-likeness (QED) is 0.538. The number of hydrogen-bond donors (Lipinski definition) is 1. The second-order valence-corrected chi connectivity index (χ2v) is 10.1. The molecule has 1 aliphatic heterocycles. The van der Waals surface area contributed by atoms with Crippen LogP contribution in [0.15, 0.2) is 57.9 Å². The maximum atomic E-state index is 12.7. The van der Waals surface area contributed by atoms with Crippen molar-refractivity contribution in [3.8, 4) is 5.75 Å². The summed E-state index contributed by atoms with van der Waals surface area (Å²) in [7, 11) is -3.41. The van der Waals surface area contributed by atoms with E-state index < -0.39 is 10.0 Å². The summed E-state index contributed by atoms with van der Waals surface area (Å²) in [5.74, 6) is 0.691. The summed E-state index contributed by atoms with van der Waals surface area (Å²) < 4.78 is 33.5. The fourth-order valence-corrected chi connectivity index (χ4v) is 5.24. The van der Waals surface area contributed by atoms with Crippen molar-refractivity contribution in [2.75, 3.05) is 26.2 Å². The van der Waals surface area contributed by atoms with Gasteiger partial charge < -0.3 is 10.1 Å². The molecule has 162 valence electrons. The standard InChI is InChI=1S/C22H27BrN2O4S/c23-19-5-4-6-20(17-19)29-16-13-24-22(26)12-9-18-7-10-21(11-8-18)30(27,28)25-14-2-1-3-15-25/h4-8,10-11,17H,1-3,9,12-16H2,(H,24,26). The molecule has 1 heterocycles. The van der Waals surface area contributed by atoms with Gasteiger partial charge in [0, 0.05) is 24.0 Å². The molecule has 1 aliphatic rings.